The average molecular weight is 352 g/mol. The number of ether oxygens (including phenoxy) is 1. The van der Waals surface area contributed by atoms with E-state index in [1.807, 2.05) is 0 Å². The Kier molecular flexibility index (Phi) is 4.67. The molecule has 1 atom stereocenters. The number of allylic oxidation sites excluding steroid dienone is 1. The lowest BCUT2D eigenvalue weighted by atomic mass is 9.81. The van der Waals surface area contributed by atoms with E-state index < -0.39 is 23.5 Å². The Morgan fingerprint density at radius 1 is 1.23 bits per heavy atom. The third-order valence-electron chi connectivity index (χ3n) is 4.41. The van der Waals surface area contributed by atoms with Crippen molar-refractivity contribution in [3.05, 3.63) is 46.7 Å². The molecule has 0 radical (unpaired) electrons. The van der Waals surface area contributed by atoms with Crippen LogP contribution in [0.15, 0.2) is 35.5 Å². The summed E-state index contributed by atoms with van der Waals surface area (Å²) in [4.78, 5) is 51.7. The van der Waals surface area contributed by atoms with Crippen molar-refractivity contribution in [1.82, 2.24) is 4.90 Å². The number of Topliss-reactive ketones (excluding diaryl/α,β-unsaturated/α-hetero) is 2. The van der Waals surface area contributed by atoms with Crippen molar-refractivity contribution in [3.8, 4) is 6.07 Å². The van der Waals surface area contributed by atoms with Crippen molar-refractivity contribution >= 4 is 23.4 Å². The summed E-state index contributed by atoms with van der Waals surface area (Å²) in [5.41, 5.74) is -0.162. The van der Waals surface area contributed by atoms with Crippen molar-refractivity contribution in [2.45, 2.75) is 19.8 Å². The van der Waals surface area contributed by atoms with E-state index in [0.29, 0.717) is 6.42 Å². The quantitative estimate of drug-likeness (QED) is 0.763. The average Bonchev–Trinajstić information content (AvgIpc) is 3.06. The highest BCUT2D eigenvalue weighted by molar-refractivity contribution is 6.28. The molecule has 1 aliphatic carbocycles. The van der Waals surface area contributed by atoms with E-state index in [2.05, 4.69) is 0 Å². The number of fused-ring (bicyclic) bond motifs is 1. The zero-order chi connectivity index (χ0) is 18.8. The van der Waals surface area contributed by atoms with Crippen LogP contribution in [0.1, 0.15) is 40.5 Å². The standard InChI is InChI=1S/C19H16N2O5/c1-2-26-19(25)13(10-20)15-16(21-9-5-8-14(21)22)18(24)12-7-4-3-6-11(12)17(15)23/h3-4,6-7,13H,2,5,8-9H2,1H3. The van der Waals surface area contributed by atoms with Crippen molar-refractivity contribution in [2.75, 3.05) is 13.2 Å². The second-order valence-corrected chi connectivity index (χ2v) is 5.93. The fraction of sp³-hybridized carbons (Fsp3) is 0.316. The highest BCUT2D eigenvalue weighted by atomic mass is 16.5. The van der Waals surface area contributed by atoms with Gasteiger partial charge in [-0.25, -0.2) is 0 Å². The van der Waals surface area contributed by atoms with E-state index in [9.17, 15) is 24.4 Å². The molecule has 0 bridgehead atoms. The molecule has 26 heavy (non-hydrogen) atoms. The van der Waals surface area contributed by atoms with E-state index in [0.717, 1.165) is 0 Å². The maximum Gasteiger partial charge on any atom is 0.328 e. The first-order valence-electron chi connectivity index (χ1n) is 8.30. The van der Waals surface area contributed by atoms with E-state index >= 15 is 0 Å². The number of carbonyl (C=O) groups is 4. The lowest BCUT2D eigenvalue weighted by Crippen LogP contribution is -2.38. The summed E-state index contributed by atoms with van der Waals surface area (Å²) in [7, 11) is 0. The SMILES string of the molecule is CCOC(=O)C(C#N)C1=C(N2CCCC2=O)C(=O)c2ccccc2C1=O. The van der Waals surface area contributed by atoms with Gasteiger partial charge in [0.05, 0.1) is 18.2 Å². The molecule has 0 spiro atoms. The molecule has 1 aliphatic heterocycles. The monoisotopic (exact) mass is 352 g/mol. The number of rotatable bonds is 4. The maximum atomic E-state index is 13.0. The maximum absolute atomic E-state index is 13.0. The van der Waals surface area contributed by atoms with Crippen LogP contribution in [0.5, 0.6) is 0 Å². The Bertz CT molecular complexity index is 893. The Balaban J connectivity index is 2.23. The normalized spacial score (nSPS) is 17.8. The summed E-state index contributed by atoms with van der Waals surface area (Å²) in [6.07, 6.45) is 0.784. The number of hydrogen-bond donors (Lipinski definition) is 0. The van der Waals surface area contributed by atoms with Crippen molar-refractivity contribution in [2.24, 2.45) is 5.92 Å². The van der Waals surface area contributed by atoms with Crippen LogP contribution in [0.3, 0.4) is 0 Å². The lowest BCUT2D eigenvalue weighted by molar-refractivity contribution is -0.144. The molecule has 0 aromatic heterocycles. The molecule has 2 aliphatic rings. The molecular weight excluding hydrogens is 336 g/mol. The number of nitriles is 1. The molecule has 1 unspecified atom stereocenters. The van der Waals surface area contributed by atoms with Crippen LogP contribution in [-0.4, -0.2) is 41.5 Å². The molecule has 1 amide bonds. The number of amides is 1. The Labute approximate surface area is 149 Å². The number of ketones is 2. The molecule has 1 aromatic rings. The number of esters is 1. The van der Waals surface area contributed by atoms with Gasteiger partial charge in [0.15, 0.2) is 11.7 Å². The van der Waals surface area contributed by atoms with Crippen LogP contribution in [0, 0.1) is 17.2 Å². The van der Waals surface area contributed by atoms with Crippen LogP contribution in [0.4, 0.5) is 0 Å². The number of nitrogens with zero attached hydrogens (tertiary/aromatic N) is 2. The minimum atomic E-state index is -1.57. The van der Waals surface area contributed by atoms with Gasteiger partial charge in [-0.2, -0.15) is 5.26 Å². The molecule has 1 heterocycles. The van der Waals surface area contributed by atoms with Gasteiger partial charge >= 0.3 is 5.97 Å². The molecule has 1 aromatic carbocycles. The van der Waals surface area contributed by atoms with Crippen LogP contribution in [0.2, 0.25) is 0 Å². The second kappa shape index (κ2) is 6.92. The summed E-state index contributed by atoms with van der Waals surface area (Å²) >= 11 is 0. The summed E-state index contributed by atoms with van der Waals surface area (Å²) in [6, 6.07) is 7.94. The number of likely N-dealkylation sites (tertiary alicyclic amines) is 1. The number of benzene rings is 1. The topological polar surface area (TPSA) is 105 Å². The molecule has 132 valence electrons. The zero-order valence-corrected chi connectivity index (χ0v) is 14.2. The van der Waals surface area contributed by atoms with Gasteiger partial charge in [-0.1, -0.05) is 24.3 Å². The Hall–Kier alpha value is -3.27. The van der Waals surface area contributed by atoms with Gasteiger partial charge in [0.1, 0.15) is 5.70 Å². The van der Waals surface area contributed by atoms with Gasteiger partial charge in [0, 0.05) is 24.1 Å². The third-order valence-corrected chi connectivity index (χ3v) is 4.41. The summed E-state index contributed by atoms with van der Waals surface area (Å²) < 4.78 is 4.89. The van der Waals surface area contributed by atoms with Gasteiger partial charge in [-0.05, 0) is 13.3 Å². The van der Waals surface area contributed by atoms with Gasteiger partial charge in [0.2, 0.25) is 11.7 Å². The zero-order valence-electron chi connectivity index (χ0n) is 14.2. The highest BCUT2D eigenvalue weighted by Gasteiger charge is 2.43. The third kappa shape index (κ3) is 2.69. The first-order valence-corrected chi connectivity index (χ1v) is 8.30. The van der Waals surface area contributed by atoms with Gasteiger partial charge in [0.25, 0.3) is 0 Å². The van der Waals surface area contributed by atoms with E-state index in [1.54, 1.807) is 25.1 Å². The molecule has 7 nitrogen and oxygen atoms in total. The van der Waals surface area contributed by atoms with Gasteiger partial charge in [-0.3, -0.25) is 19.2 Å². The van der Waals surface area contributed by atoms with Crippen LogP contribution in [0.25, 0.3) is 0 Å². The van der Waals surface area contributed by atoms with Gasteiger partial charge in [-0.15, -0.1) is 0 Å². The van der Waals surface area contributed by atoms with Crippen LogP contribution >= 0.6 is 0 Å². The smallest absolute Gasteiger partial charge is 0.328 e. The molecule has 1 fully saturated rings. The number of carbonyl (C=O) groups excluding carboxylic acids is 4. The van der Waals surface area contributed by atoms with E-state index in [4.69, 9.17) is 4.74 Å². The first kappa shape index (κ1) is 17.5. The minimum Gasteiger partial charge on any atom is -0.465 e. The predicted molar refractivity (Wildman–Crippen MR) is 88.8 cm³/mol. The van der Waals surface area contributed by atoms with E-state index in [1.165, 1.54) is 17.0 Å². The fourth-order valence-electron chi connectivity index (χ4n) is 3.26. The molecule has 0 N–H and O–H groups in total. The van der Waals surface area contributed by atoms with Crippen LogP contribution in [-0.2, 0) is 14.3 Å². The molecule has 0 saturated carbocycles. The number of hydrogen-bond acceptors (Lipinski definition) is 6. The molecule has 3 rings (SSSR count). The van der Waals surface area contributed by atoms with Crippen molar-refractivity contribution in [1.29, 1.82) is 5.26 Å². The second-order valence-electron chi connectivity index (χ2n) is 5.93. The first-order chi connectivity index (χ1) is 12.5. The van der Waals surface area contributed by atoms with Crippen LogP contribution < -0.4 is 0 Å². The molecular formula is C19H16N2O5. The minimum absolute atomic E-state index is 0.0288. The lowest BCUT2D eigenvalue weighted by Gasteiger charge is -2.28. The molecule has 1 saturated heterocycles. The largest absolute Gasteiger partial charge is 0.465 e. The van der Waals surface area contributed by atoms with Gasteiger partial charge < -0.3 is 9.64 Å². The highest BCUT2D eigenvalue weighted by Crippen LogP contribution is 2.34. The fourth-order valence-corrected chi connectivity index (χ4v) is 3.26. The molecule has 7 heteroatoms. The Morgan fingerprint density at radius 3 is 2.42 bits per heavy atom. The summed E-state index contributed by atoms with van der Waals surface area (Å²) in [6.45, 7) is 1.87. The van der Waals surface area contributed by atoms with Crippen molar-refractivity contribution in [3.63, 3.8) is 0 Å². The Morgan fingerprint density at radius 2 is 1.88 bits per heavy atom. The van der Waals surface area contributed by atoms with E-state index in [-0.39, 0.29) is 47.9 Å². The summed E-state index contributed by atoms with van der Waals surface area (Å²) in [5, 5.41) is 9.50. The van der Waals surface area contributed by atoms with Crippen molar-refractivity contribution < 1.29 is 23.9 Å². The predicted octanol–water partition coefficient (Wildman–Crippen LogP) is 1.64. The summed E-state index contributed by atoms with van der Waals surface area (Å²) in [5.74, 6) is -3.92.